The Morgan fingerprint density at radius 1 is 0.466 bits per heavy atom. The van der Waals surface area contributed by atoms with Gasteiger partial charge in [-0.05, 0) is 138 Å². The molecule has 0 unspecified atom stereocenters. The number of anilines is 3. The molecule has 0 radical (unpaired) electrons. The fraction of sp³-hybridized carbons (Fsp3) is 0.286. The molecule has 0 amide bonds. The minimum atomic E-state index is -1.43. The van der Waals surface area contributed by atoms with E-state index in [-0.39, 0.29) is 58.7 Å². The zero-order valence-corrected chi connectivity index (χ0v) is 55.1. The van der Waals surface area contributed by atoms with Gasteiger partial charge in [-0.15, -0.1) is 0 Å². The topological polar surface area (TPSA) is 295 Å². The second kappa shape index (κ2) is 34.9. The van der Waals surface area contributed by atoms with Gasteiger partial charge < -0.3 is 64.1 Å². The number of carbonyl (C=O) groups is 3. The molecule has 0 atom stereocenters. The normalized spacial score (nSPS) is 10.3. The number of esters is 2. The van der Waals surface area contributed by atoms with Crippen molar-refractivity contribution in [3.63, 3.8) is 0 Å². The molecule has 0 aliphatic carbocycles. The number of aromatic carboxylic acids is 1. The number of aromatic nitrogens is 6. The number of benzene rings is 6. The molecule has 22 nitrogen and oxygen atoms in total. The molecule has 0 saturated carbocycles. The van der Waals surface area contributed by atoms with Gasteiger partial charge in [0.1, 0.15) is 28.6 Å². The summed E-state index contributed by atoms with van der Waals surface area (Å²) < 4.78 is 25.1. The summed E-state index contributed by atoms with van der Waals surface area (Å²) in [5.74, 6) is 2.38. The molecule has 0 saturated heterocycles. The third-order valence-corrected chi connectivity index (χ3v) is 13.6. The van der Waals surface area contributed by atoms with Gasteiger partial charge in [-0.1, -0.05) is 48.0 Å². The molecule has 5 N–H and O–H groups in total. The van der Waals surface area contributed by atoms with E-state index in [0.717, 1.165) is 46.9 Å². The summed E-state index contributed by atoms with van der Waals surface area (Å²) in [4.78, 5) is 68.6. The Morgan fingerprint density at radius 2 is 0.807 bits per heavy atom. The predicted octanol–water partition coefficient (Wildman–Crippen LogP) is 6.51. The molecule has 0 aliphatic rings. The van der Waals surface area contributed by atoms with Crippen LogP contribution in [-0.2, 0) is 9.47 Å². The van der Waals surface area contributed by atoms with Gasteiger partial charge in [-0.25, -0.2) is 44.3 Å². The molecule has 9 aromatic rings. The van der Waals surface area contributed by atoms with Gasteiger partial charge in [0, 0.05) is 57.5 Å². The van der Waals surface area contributed by atoms with Crippen LogP contribution in [0.2, 0.25) is 5.15 Å². The standard InChI is InChI=1S/C21H23N3O3.C20H21N3O3.C14H16ClN3O2.C7H9BO3.CH4O.Na.H2O/c1-13(2)24(3)20-19(14-7-6-8-16(11-14)26-4)22-17-10-9-15(21(25)27-5)12-18(17)23-20;1-12(2)23(3)19-18(13-6-5-7-15(10-13)26-4)21-16-9-8-14(20(24)25)11-17(16)22-19;1-8(2)18(3)13-12(15)16-10-6-5-9(14(19)20-4)7-11(10)17-13;1-11-7-4-2-3-6(5-7)8(9)10;1-2;;/h6-13H,1-5H3;5-12H,1-4H3,(H,24,25);5-8H,1-4H3;2-5,9-10H,1H3;2H,1H3;;1H2/q;;;;;+1;/p-1. The SMILES string of the molecule is CO.COC(=O)c1ccc2nc(-c3cccc(OC)c3)c(N(C)C(C)C)nc2c1.COC(=O)c1ccc2nc(Cl)c(N(C)C(C)C)nc2c1.COc1cccc(-c2nc3ccc(C(=O)O)cc3nc2N(C)C(C)C)c1.COc1cccc(B(O)O)c1.[Na+].[OH-]. The molecule has 3 heterocycles. The fourth-order valence-corrected chi connectivity index (χ4v) is 8.18. The third kappa shape index (κ3) is 19.1. The van der Waals surface area contributed by atoms with Crippen molar-refractivity contribution >= 4 is 92.6 Å². The number of carbonyl (C=O) groups excluding carboxylic acids is 2. The number of ether oxygens (including phenoxy) is 5. The van der Waals surface area contributed by atoms with Gasteiger partial charge in [0.05, 0.1) is 85.3 Å². The molecule has 88 heavy (non-hydrogen) atoms. The van der Waals surface area contributed by atoms with Crippen molar-refractivity contribution in [3.05, 3.63) is 149 Å². The zero-order valence-electron chi connectivity index (χ0n) is 52.3. The van der Waals surface area contributed by atoms with Crippen LogP contribution in [0.4, 0.5) is 17.5 Å². The van der Waals surface area contributed by atoms with E-state index in [0.29, 0.717) is 72.2 Å². The molecule has 460 valence electrons. The van der Waals surface area contributed by atoms with Crippen LogP contribution >= 0.6 is 11.6 Å². The van der Waals surface area contributed by atoms with Crippen molar-refractivity contribution < 1.29 is 93.4 Å². The minimum absolute atomic E-state index is 0. The average Bonchev–Trinajstić information content (AvgIpc) is 1.03. The largest absolute Gasteiger partial charge is 1.00 e. The van der Waals surface area contributed by atoms with Crippen molar-refractivity contribution in [3.8, 4) is 39.8 Å². The summed E-state index contributed by atoms with van der Waals surface area (Å²) in [6, 6.07) is 37.7. The maximum atomic E-state index is 11.8. The molecule has 6 aromatic carbocycles. The summed E-state index contributed by atoms with van der Waals surface area (Å²) in [7, 11) is 12.9. The number of rotatable bonds is 15. The Hall–Kier alpha value is -8.26. The Bertz CT molecular complexity index is 3790. The molecule has 0 fully saturated rings. The van der Waals surface area contributed by atoms with Crippen molar-refractivity contribution in [2.75, 3.05) is 78.5 Å². The summed E-state index contributed by atoms with van der Waals surface area (Å²) in [6.07, 6.45) is 0. The Balaban J connectivity index is 0.000000313. The number of halogens is 1. The first-order valence-electron chi connectivity index (χ1n) is 27.0. The van der Waals surface area contributed by atoms with Crippen LogP contribution in [0.3, 0.4) is 0 Å². The van der Waals surface area contributed by atoms with E-state index in [1.165, 1.54) is 21.3 Å². The second-order valence-corrected chi connectivity index (χ2v) is 20.1. The van der Waals surface area contributed by atoms with Crippen molar-refractivity contribution in [2.24, 2.45) is 0 Å². The fourth-order valence-electron chi connectivity index (χ4n) is 7.92. The second-order valence-electron chi connectivity index (χ2n) is 19.8. The van der Waals surface area contributed by atoms with Crippen molar-refractivity contribution in [1.29, 1.82) is 0 Å². The van der Waals surface area contributed by atoms with Crippen LogP contribution in [0, 0.1) is 0 Å². The first-order chi connectivity index (χ1) is 41.0. The van der Waals surface area contributed by atoms with E-state index < -0.39 is 25.0 Å². The summed E-state index contributed by atoms with van der Waals surface area (Å²) in [6.45, 7) is 12.4. The van der Waals surface area contributed by atoms with Crippen LogP contribution < -0.4 is 63.9 Å². The van der Waals surface area contributed by atoms with Crippen LogP contribution in [0.5, 0.6) is 17.2 Å². The molecule has 9 rings (SSSR count). The quantitative estimate of drug-likeness (QED) is 0.0628. The van der Waals surface area contributed by atoms with Crippen LogP contribution in [0.25, 0.3) is 55.6 Å². The van der Waals surface area contributed by atoms with E-state index >= 15 is 0 Å². The molecule has 0 bridgehead atoms. The zero-order chi connectivity index (χ0) is 63.5. The summed E-state index contributed by atoms with van der Waals surface area (Å²) in [5, 5.41) is 34.1. The van der Waals surface area contributed by atoms with E-state index in [2.05, 4.69) is 42.6 Å². The van der Waals surface area contributed by atoms with E-state index in [1.54, 1.807) is 93.1 Å². The predicted molar refractivity (Wildman–Crippen MR) is 341 cm³/mol. The molecule has 25 heteroatoms. The third-order valence-electron chi connectivity index (χ3n) is 13.4. The number of aliphatic hydroxyl groups excluding tert-OH is 1. The number of fused-ring (bicyclic) bond motifs is 3. The number of carboxylic acids is 1. The Kier molecular flexibility index (Phi) is 29.4. The average molecular weight is 1230 g/mol. The number of hydrogen-bond donors (Lipinski definition) is 4. The molecular weight excluding hydrogens is 1160 g/mol. The van der Waals surface area contributed by atoms with Gasteiger partial charge in [0.25, 0.3) is 0 Å². The van der Waals surface area contributed by atoms with Gasteiger partial charge in [0.15, 0.2) is 22.6 Å². The first kappa shape index (κ1) is 74.0. The van der Waals surface area contributed by atoms with Crippen LogP contribution in [0.15, 0.2) is 127 Å². The number of aliphatic hydroxyl groups is 1. The smallest absolute Gasteiger partial charge is 0.870 e. The van der Waals surface area contributed by atoms with Crippen LogP contribution in [-0.4, -0.2) is 163 Å². The van der Waals surface area contributed by atoms with Gasteiger partial charge >= 0.3 is 54.6 Å². The number of hydrogen-bond acceptors (Lipinski definition) is 21. The Labute approximate surface area is 539 Å². The van der Waals surface area contributed by atoms with Crippen molar-refractivity contribution in [2.45, 2.75) is 59.7 Å². The summed E-state index contributed by atoms with van der Waals surface area (Å²) in [5.41, 5.74) is 8.64. The molecule has 0 spiro atoms. The van der Waals surface area contributed by atoms with E-state index in [1.807, 2.05) is 93.3 Å². The van der Waals surface area contributed by atoms with Gasteiger partial charge in [0.2, 0.25) is 0 Å². The monoisotopic (exact) mass is 1230 g/mol. The van der Waals surface area contributed by atoms with Crippen molar-refractivity contribution in [1.82, 2.24) is 29.9 Å². The number of nitrogens with zero attached hydrogens (tertiary/aromatic N) is 9. The molecule has 3 aromatic heterocycles. The molecule has 0 aliphatic heterocycles. The minimum Gasteiger partial charge on any atom is -0.870 e. The van der Waals surface area contributed by atoms with E-state index in [4.69, 9.17) is 70.4 Å². The first-order valence-corrected chi connectivity index (χ1v) is 27.3. The maximum absolute atomic E-state index is 11.8. The number of methoxy groups -OCH3 is 5. The number of carboxylic acid groups (broad SMARTS) is 1. The van der Waals surface area contributed by atoms with E-state index in [9.17, 15) is 19.5 Å². The van der Waals surface area contributed by atoms with Crippen LogP contribution in [0.1, 0.15) is 72.6 Å². The van der Waals surface area contributed by atoms with Gasteiger partial charge in [-0.2, -0.15) is 0 Å². The molecular formula is C63H74BClN9NaO13. The Morgan fingerprint density at radius 3 is 1.17 bits per heavy atom. The summed E-state index contributed by atoms with van der Waals surface area (Å²) >= 11 is 6.16. The van der Waals surface area contributed by atoms with Gasteiger partial charge in [-0.3, -0.25) is 0 Å². The maximum Gasteiger partial charge on any atom is 1.00 e.